The molecule has 0 aliphatic heterocycles. The van der Waals surface area contributed by atoms with Gasteiger partial charge in [-0.2, -0.15) is 0 Å². The highest BCUT2D eigenvalue weighted by Gasteiger charge is 2.14. The van der Waals surface area contributed by atoms with Crippen LogP contribution in [0.2, 0.25) is 0 Å². The van der Waals surface area contributed by atoms with Crippen molar-refractivity contribution >= 4 is 5.97 Å². The number of hydrogen-bond donors (Lipinski definition) is 1. The smallest absolute Gasteiger partial charge is 0.306 e. The van der Waals surface area contributed by atoms with Gasteiger partial charge in [0.15, 0.2) is 0 Å². The van der Waals surface area contributed by atoms with Gasteiger partial charge in [0.1, 0.15) is 0 Å². The maximum Gasteiger partial charge on any atom is 0.306 e. The van der Waals surface area contributed by atoms with Crippen molar-refractivity contribution in [3.05, 3.63) is 12.7 Å². The molecule has 0 rings (SSSR count). The minimum absolute atomic E-state index is 0.0922. The van der Waals surface area contributed by atoms with Gasteiger partial charge in [-0.3, -0.25) is 4.79 Å². The maximum atomic E-state index is 11.0. The fourth-order valence-corrected chi connectivity index (χ4v) is 3.16. The standard InChI is InChI=1S/C21H39O3/c1-2-17-20(21(23)24)18-15-13-11-9-7-5-3-4-6-8-10-12-14-16-19-22/h2,20H,1,3-19H2,(H,23,24). The van der Waals surface area contributed by atoms with Gasteiger partial charge in [0.25, 0.3) is 0 Å². The van der Waals surface area contributed by atoms with Crippen LogP contribution in [0.4, 0.5) is 0 Å². The third kappa shape index (κ3) is 16.0. The number of unbranched alkanes of at least 4 members (excludes halogenated alkanes) is 13. The van der Waals surface area contributed by atoms with Gasteiger partial charge >= 0.3 is 5.97 Å². The first-order chi connectivity index (χ1) is 11.7. The molecular formula is C21H39O3. The van der Waals surface area contributed by atoms with Gasteiger partial charge in [-0.1, -0.05) is 89.5 Å². The predicted molar refractivity (Wildman–Crippen MR) is 101 cm³/mol. The third-order valence-electron chi connectivity index (χ3n) is 4.75. The molecule has 0 saturated heterocycles. The number of hydrogen-bond acceptors (Lipinski definition) is 1. The fourth-order valence-electron chi connectivity index (χ4n) is 3.16. The van der Waals surface area contributed by atoms with Crippen LogP contribution in [-0.4, -0.2) is 17.7 Å². The van der Waals surface area contributed by atoms with Crippen molar-refractivity contribution in [3.8, 4) is 0 Å². The molecule has 141 valence electrons. The van der Waals surface area contributed by atoms with E-state index in [0.717, 1.165) is 32.1 Å². The summed E-state index contributed by atoms with van der Waals surface area (Å²) in [7, 11) is 0. The molecule has 0 aromatic rings. The summed E-state index contributed by atoms with van der Waals surface area (Å²) >= 11 is 0. The number of carboxylic acid groups (broad SMARTS) is 1. The summed E-state index contributed by atoms with van der Waals surface area (Å²) in [5, 5.41) is 19.4. The number of aliphatic carboxylic acids is 1. The number of rotatable bonds is 19. The lowest BCUT2D eigenvalue weighted by atomic mass is 9.97. The van der Waals surface area contributed by atoms with Gasteiger partial charge in [0, 0.05) is 0 Å². The normalized spacial score (nSPS) is 12.2. The molecule has 24 heavy (non-hydrogen) atoms. The SMILES string of the molecule is C=CCC(CCCCCCCCCCCCCCCC[O])C(=O)O. The third-order valence-corrected chi connectivity index (χ3v) is 4.75. The molecule has 0 spiro atoms. The molecule has 0 saturated carbocycles. The van der Waals surface area contributed by atoms with Crippen LogP contribution in [0.15, 0.2) is 12.7 Å². The minimum Gasteiger partial charge on any atom is -0.481 e. The van der Waals surface area contributed by atoms with Crippen LogP contribution in [0.5, 0.6) is 0 Å². The first kappa shape index (κ1) is 23.2. The van der Waals surface area contributed by atoms with Crippen LogP contribution in [0, 0.1) is 5.92 Å². The lowest BCUT2D eigenvalue weighted by Gasteiger charge is -2.09. The Morgan fingerprint density at radius 2 is 1.12 bits per heavy atom. The van der Waals surface area contributed by atoms with Crippen molar-refractivity contribution in [1.82, 2.24) is 0 Å². The van der Waals surface area contributed by atoms with Crippen molar-refractivity contribution in [3.63, 3.8) is 0 Å². The number of allylic oxidation sites excluding steroid dienone is 1. The van der Waals surface area contributed by atoms with Gasteiger partial charge in [-0.25, -0.2) is 5.11 Å². The topological polar surface area (TPSA) is 57.2 Å². The van der Waals surface area contributed by atoms with E-state index in [4.69, 9.17) is 5.11 Å². The van der Waals surface area contributed by atoms with Crippen molar-refractivity contribution < 1.29 is 15.0 Å². The number of carbonyl (C=O) groups is 1. The molecule has 3 heteroatoms. The molecular weight excluding hydrogens is 300 g/mol. The first-order valence-corrected chi connectivity index (χ1v) is 10.1. The molecule has 3 nitrogen and oxygen atoms in total. The summed E-state index contributed by atoms with van der Waals surface area (Å²) in [6.45, 7) is 3.72. The highest BCUT2D eigenvalue weighted by Crippen LogP contribution is 2.17. The Morgan fingerprint density at radius 1 is 0.750 bits per heavy atom. The molecule has 0 aliphatic carbocycles. The average molecular weight is 340 g/mol. The first-order valence-electron chi connectivity index (χ1n) is 10.1. The van der Waals surface area contributed by atoms with E-state index < -0.39 is 5.97 Å². The van der Waals surface area contributed by atoms with Gasteiger partial charge in [0.05, 0.1) is 12.5 Å². The van der Waals surface area contributed by atoms with Crippen LogP contribution < -0.4 is 0 Å². The highest BCUT2D eigenvalue weighted by atomic mass is 16.4. The molecule has 0 fully saturated rings. The largest absolute Gasteiger partial charge is 0.481 e. The zero-order valence-corrected chi connectivity index (χ0v) is 15.6. The lowest BCUT2D eigenvalue weighted by molar-refractivity contribution is -0.141. The van der Waals surface area contributed by atoms with Crippen LogP contribution in [0.3, 0.4) is 0 Å². The van der Waals surface area contributed by atoms with E-state index in [2.05, 4.69) is 6.58 Å². The molecule has 0 amide bonds. The van der Waals surface area contributed by atoms with E-state index in [9.17, 15) is 9.90 Å². The second-order valence-electron chi connectivity index (χ2n) is 7.00. The Kier molecular flexibility index (Phi) is 17.9. The van der Waals surface area contributed by atoms with Gasteiger partial charge < -0.3 is 5.11 Å². The molecule has 1 radical (unpaired) electrons. The van der Waals surface area contributed by atoms with Gasteiger partial charge in [0.2, 0.25) is 0 Å². The highest BCUT2D eigenvalue weighted by molar-refractivity contribution is 5.70. The Hall–Kier alpha value is -0.830. The summed E-state index contributed by atoms with van der Waals surface area (Å²) in [5.74, 6) is -0.914. The molecule has 0 aromatic carbocycles. The Labute approximate surface area is 149 Å². The molecule has 0 aliphatic rings. The molecule has 0 heterocycles. The number of carboxylic acids is 1. The van der Waals surface area contributed by atoms with E-state index in [1.807, 2.05) is 0 Å². The molecule has 0 aromatic heterocycles. The van der Waals surface area contributed by atoms with Crippen LogP contribution >= 0.6 is 0 Å². The fraction of sp³-hybridized carbons (Fsp3) is 0.857. The Balaban J connectivity index is 3.20. The zero-order valence-electron chi connectivity index (χ0n) is 15.6. The molecule has 1 atom stereocenters. The van der Waals surface area contributed by atoms with Gasteiger partial charge in [-0.05, 0) is 19.3 Å². The van der Waals surface area contributed by atoms with E-state index in [-0.39, 0.29) is 12.5 Å². The molecule has 0 bridgehead atoms. The van der Waals surface area contributed by atoms with Crippen molar-refractivity contribution in [2.45, 2.75) is 103 Å². The summed E-state index contributed by atoms with van der Waals surface area (Å²) in [5.41, 5.74) is 0. The monoisotopic (exact) mass is 339 g/mol. The minimum atomic E-state index is -0.680. The summed E-state index contributed by atoms with van der Waals surface area (Å²) in [6, 6.07) is 0. The summed E-state index contributed by atoms with van der Waals surface area (Å²) < 4.78 is 0. The lowest BCUT2D eigenvalue weighted by Crippen LogP contribution is -2.12. The van der Waals surface area contributed by atoms with Crippen LogP contribution in [0.1, 0.15) is 103 Å². The van der Waals surface area contributed by atoms with Crippen molar-refractivity contribution in [1.29, 1.82) is 0 Å². The van der Waals surface area contributed by atoms with Crippen LogP contribution in [-0.2, 0) is 9.90 Å². The predicted octanol–water partition coefficient (Wildman–Crippen LogP) is 6.55. The second kappa shape index (κ2) is 18.5. The van der Waals surface area contributed by atoms with Crippen LogP contribution in [0.25, 0.3) is 0 Å². The van der Waals surface area contributed by atoms with E-state index >= 15 is 0 Å². The second-order valence-corrected chi connectivity index (χ2v) is 7.00. The molecule has 1 unspecified atom stereocenters. The van der Waals surface area contributed by atoms with E-state index in [1.54, 1.807) is 6.08 Å². The average Bonchev–Trinajstić information content (AvgIpc) is 2.57. The Morgan fingerprint density at radius 3 is 1.46 bits per heavy atom. The van der Waals surface area contributed by atoms with E-state index in [0.29, 0.717) is 6.42 Å². The zero-order chi connectivity index (χ0) is 17.9. The Bertz CT molecular complexity index is 289. The van der Waals surface area contributed by atoms with Crippen molar-refractivity contribution in [2.75, 3.05) is 6.61 Å². The van der Waals surface area contributed by atoms with E-state index in [1.165, 1.54) is 64.2 Å². The quantitative estimate of drug-likeness (QED) is 0.214. The molecule has 1 N–H and O–H groups in total. The summed E-state index contributed by atoms with van der Waals surface area (Å²) in [6.07, 6.45) is 20.3. The summed E-state index contributed by atoms with van der Waals surface area (Å²) in [4.78, 5) is 11.0. The maximum absolute atomic E-state index is 11.0. The van der Waals surface area contributed by atoms with Crippen molar-refractivity contribution in [2.24, 2.45) is 5.92 Å². The van der Waals surface area contributed by atoms with Gasteiger partial charge in [-0.15, -0.1) is 6.58 Å².